The fourth-order valence-electron chi connectivity index (χ4n) is 16.5. The van der Waals surface area contributed by atoms with Gasteiger partial charge in [-0.15, -0.1) is 0 Å². The van der Waals surface area contributed by atoms with Crippen molar-refractivity contribution in [3.8, 4) is 0 Å². The molecular formula is C74H117N8Na2O53S2-. The molecule has 0 saturated carbocycles. The van der Waals surface area contributed by atoms with Crippen LogP contribution in [0.2, 0.25) is 0 Å². The Bertz CT molecular complexity index is 3970. The van der Waals surface area contributed by atoms with Crippen molar-refractivity contribution in [3.63, 3.8) is 0 Å². The number of carboxylic acid groups (broad SMARTS) is 1. The first kappa shape index (κ1) is 122. The van der Waals surface area contributed by atoms with Crippen LogP contribution in [0.5, 0.6) is 0 Å². The quantitative estimate of drug-likeness (QED) is 0.0169. The molecule has 0 bridgehead atoms. The number of carbonyl (C=O) groups excluding carboxylic acids is 10. The van der Waals surface area contributed by atoms with Crippen molar-refractivity contribution in [2.75, 3.05) is 52.2 Å². The maximum atomic E-state index is 14.7. The van der Waals surface area contributed by atoms with Crippen molar-refractivity contribution in [1.29, 1.82) is 0 Å². The van der Waals surface area contributed by atoms with Gasteiger partial charge in [0.05, 0.1) is 56.8 Å². The van der Waals surface area contributed by atoms with Crippen molar-refractivity contribution in [2.24, 2.45) is 11.8 Å². The van der Waals surface area contributed by atoms with Gasteiger partial charge in [0.15, 0.2) is 75.1 Å². The zero-order valence-electron chi connectivity index (χ0n) is 75.5. The fraction of sp³-hybridized carbons (Fsp3) is 0.865. The second kappa shape index (κ2) is 54.2. The summed E-state index contributed by atoms with van der Waals surface area (Å²) in [6.07, 6.45) is -90.7. The van der Waals surface area contributed by atoms with Gasteiger partial charge in [0.2, 0.25) is 23.6 Å². The van der Waals surface area contributed by atoms with Crippen molar-refractivity contribution < 1.29 is 320 Å². The Hall–Kier alpha value is -4.08. The summed E-state index contributed by atoms with van der Waals surface area (Å²) in [5, 5.41) is 265. The molecule has 10 saturated heterocycles. The van der Waals surface area contributed by atoms with Gasteiger partial charge in [-0.3, -0.25) is 60.1 Å². The largest absolute Gasteiger partial charge is 1.00 e. The molecule has 0 spiro atoms. The maximum absolute atomic E-state index is 14.7. The first-order chi connectivity index (χ1) is 64.2. The van der Waals surface area contributed by atoms with Crippen LogP contribution in [0, 0.1) is 11.8 Å². The number of hydrogen-bond acceptors (Lipinski definition) is 55. The first-order valence-corrected chi connectivity index (χ1v) is 44.2. The van der Waals surface area contributed by atoms with E-state index in [1.54, 1.807) is 0 Å². The maximum Gasteiger partial charge on any atom is 1.00 e. The average Bonchev–Trinajstić information content (AvgIpc) is 0.769. The van der Waals surface area contributed by atoms with Gasteiger partial charge in [0.1, 0.15) is 189 Å². The number of thioether (sulfide) groups is 2. The number of rotatable bonds is 32. The van der Waals surface area contributed by atoms with E-state index < -0.39 is 396 Å². The number of nitrogens with one attached hydrogen (secondary N) is 8. The van der Waals surface area contributed by atoms with E-state index in [9.17, 15) is 165 Å². The van der Waals surface area contributed by atoms with Crippen LogP contribution in [0.4, 0.5) is 9.59 Å². The van der Waals surface area contributed by atoms with Crippen LogP contribution in [0.15, 0.2) is 0 Å². The number of aliphatic hydroxyl groups is 22. The van der Waals surface area contributed by atoms with E-state index in [0.29, 0.717) is 0 Å². The minimum atomic E-state index is -2.55. The number of aliphatic hydroxyl groups excluding tert-OH is 22. The number of carbonyl (C=O) groups is 9. The predicted octanol–water partition coefficient (Wildman–Crippen LogP) is -26.7. The van der Waals surface area contributed by atoms with Gasteiger partial charge in [-0.1, -0.05) is 37.4 Å². The summed E-state index contributed by atoms with van der Waals surface area (Å²) in [7, 11) is 2.18. The average molecular weight is 2080 g/mol. The van der Waals surface area contributed by atoms with E-state index in [2.05, 4.69) is 21.3 Å². The zero-order valence-corrected chi connectivity index (χ0v) is 81.1. The summed E-state index contributed by atoms with van der Waals surface area (Å²) >= 11 is 0.243. The van der Waals surface area contributed by atoms with Gasteiger partial charge in [0.25, 0.3) is 22.3 Å². The van der Waals surface area contributed by atoms with Crippen LogP contribution in [0.25, 0.3) is 0 Å². The third-order valence-corrected chi connectivity index (χ3v) is 25.6. The zero-order chi connectivity index (χ0) is 101. The molecule has 61 nitrogen and oxygen atoms in total. The van der Waals surface area contributed by atoms with Crippen molar-refractivity contribution in [1.82, 2.24) is 43.0 Å². The van der Waals surface area contributed by atoms with Gasteiger partial charge >= 0.3 is 59.1 Å². The molecule has 65 heteroatoms. The SMILES string of the molecule is CO[C@@H]1OC(CO)[C@@H](O)[C@H](OC2OC(C(=O)NNC(=O)SCC3O[C@H](O[C@H]4OC(CSC(=O)NNC(=O)C5O[C@@H](O[C@@H]6C(NC(C)=O)[C@H](OC)OC(CO)[C@H]6O)C(O)[C@@H](O)[C@@H]5O[C@@H]5OC(CO)[C@@H](O)[C@H](O[C@@H]6OC(C(=O)[O-])[C@@H](C)[C@H](O)C6O)C5NC(C)=O)[C@@H](O)[C@H](O)C4O)C(O)[C@@H](O)[C@@H]3O)[C@@H](O[C@@H]3OC(CO)[C@@H](O)[C@H](O[C@@H]4OC([C-]=O)[C@@H](C)[C@H](O)C4O)C3NC(C)=O)[C@H](O)[C@@H]2O)C1NC(C)=O.[Na+].[Na+].[OH-]. The van der Waals surface area contributed by atoms with Crippen LogP contribution in [-0.2, 0) is 128 Å². The molecular weight excluding hydrogens is 1960 g/mol. The molecule has 0 aromatic rings. The van der Waals surface area contributed by atoms with E-state index >= 15 is 0 Å². The normalized spacial score (nSPS) is 44.5. The summed E-state index contributed by atoms with van der Waals surface area (Å²) in [5.41, 5.74) is 7.76. The van der Waals surface area contributed by atoms with E-state index in [4.69, 9.17) is 90.0 Å². The third kappa shape index (κ3) is 28.5. The molecule has 31 N–H and O–H groups in total. The smallest absolute Gasteiger partial charge is 0.870 e. The molecule has 8 amide bonds. The van der Waals surface area contributed by atoms with Crippen LogP contribution in [0.3, 0.4) is 0 Å². The molecule has 10 fully saturated rings. The second-order valence-corrected chi connectivity index (χ2v) is 35.2. The molecule has 786 valence electrons. The fourth-order valence-corrected chi connectivity index (χ4v) is 17.9. The molecule has 0 aromatic carbocycles. The molecule has 50 atom stereocenters. The topological polar surface area (TPSA) is 940 Å². The molecule has 0 aliphatic carbocycles. The Kier molecular flexibility index (Phi) is 47.5. The molecule has 10 aliphatic heterocycles. The van der Waals surface area contributed by atoms with E-state index in [1.165, 1.54) is 20.1 Å². The summed E-state index contributed by atoms with van der Waals surface area (Å²) < 4.78 is 109. The Morgan fingerprint density at radius 1 is 0.309 bits per heavy atom. The van der Waals surface area contributed by atoms with Gasteiger partial charge in [0, 0.05) is 59.3 Å². The van der Waals surface area contributed by atoms with Crippen molar-refractivity contribution >= 4 is 81.7 Å². The van der Waals surface area contributed by atoms with Crippen molar-refractivity contribution in [3.05, 3.63) is 0 Å². The Balaban J connectivity index is 0.00000876. The van der Waals surface area contributed by atoms with E-state index in [-0.39, 0.29) is 88.1 Å². The van der Waals surface area contributed by atoms with Gasteiger partial charge < -0.3 is 244 Å². The first-order valence-electron chi connectivity index (χ1n) is 42.2. The van der Waals surface area contributed by atoms with E-state index in [1.807, 2.05) is 21.7 Å². The summed E-state index contributed by atoms with van der Waals surface area (Å²) in [5.74, 6) is -12.7. The monoisotopic (exact) mass is 2080 g/mol. The molecule has 10 aliphatic rings. The summed E-state index contributed by atoms with van der Waals surface area (Å²) in [6.45, 7) is 2.20. The third-order valence-electron chi connectivity index (χ3n) is 23.8. The standard InChI is InChI=1S/C74H117N8O52S2.2Na.H2O/c1-16-22(9-83)118-67(45(104)33(16)92)126-54-31(77-20(5)90)65(121-25(12-86)39(54)98)130-56-43(102)49(108)71(127-52-29(75-18(3)88)63(116-7)119-23(10-84)37(52)96)132-58(56)60(110)79-81-73(114)135-14-27-35(94)41(100)47(106)68(123-27)134-69-48(107)42(101)36(95)28(124-69)15-136-74(115)82-80-61(111)59-57(44(103)50(109)72(133-59)128-53-30(76-19(4)89)64(117-8)120-24(11-85)38(53)97)131-66-32(78-21(6)91)55(40(99)26(13-87)122-66)129-70-46(105)34(93)17(2)51(125-70)62(112)113;;;/h16-17,22-59,63-72,84-87,92-109H,10-15H2,1-8H3,(H,75,88)(H,76,89)(H,77,90)(H,78,91)(H,79,110)(H,80,111)(H,81,114)(H,82,115)(H,112,113);;;1H2/q-1;2*+1;/p-2/t16-,17+,22?,23?,24?,25?,26?,27?,28?,29?,30?,31?,32?,33+,34+,35-,36-,37-,38-,39-,40-,41+,42+,43-,44-,45?,46?,47?,48?,49+,50?,51?,52-,53-,54-,55-,56+,57+,58?,59?,63-,64-,65+,66+,67+,68-,69-,70+,71?,72-;;;/m1.../s1. The van der Waals surface area contributed by atoms with Gasteiger partial charge in [-0.05, 0) is 12.0 Å². The van der Waals surface area contributed by atoms with Crippen LogP contribution in [-0.4, -0.2) is 523 Å². The summed E-state index contributed by atoms with van der Waals surface area (Å²) in [6, 6.07) is -7.03. The van der Waals surface area contributed by atoms with Crippen LogP contribution < -0.4 is 107 Å². The Labute approximate surface area is 839 Å². The minimum Gasteiger partial charge on any atom is -0.870 e. The second-order valence-electron chi connectivity index (χ2n) is 33.2. The van der Waals surface area contributed by atoms with Crippen LogP contribution in [0.1, 0.15) is 41.5 Å². The Morgan fingerprint density at radius 3 is 0.863 bits per heavy atom. The van der Waals surface area contributed by atoms with Gasteiger partial charge in [-0.25, -0.2) is 6.29 Å². The molecule has 10 heterocycles. The van der Waals surface area contributed by atoms with Crippen LogP contribution >= 0.6 is 23.5 Å². The Morgan fingerprint density at radius 2 is 0.568 bits per heavy atom. The van der Waals surface area contributed by atoms with Gasteiger partial charge in [-0.2, -0.15) is 0 Å². The molecule has 10 rings (SSSR count). The van der Waals surface area contributed by atoms with Crippen molar-refractivity contribution in [2.45, 2.75) is 336 Å². The number of carboxylic acids is 1. The molecule has 0 aromatic heterocycles. The summed E-state index contributed by atoms with van der Waals surface area (Å²) in [4.78, 5) is 132. The predicted molar refractivity (Wildman–Crippen MR) is 427 cm³/mol. The number of ether oxygens (including phenoxy) is 19. The molecule has 0 radical (unpaired) electrons. The minimum absolute atomic E-state index is 0. The number of hydrogen-bond donors (Lipinski definition) is 30. The number of hydrazine groups is 2. The molecule has 139 heavy (non-hydrogen) atoms. The van der Waals surface area contributed by atoms with E-state index in [0.717, 1.165) is 41.9 Å². The number of aliphatic carboxylic acids is 1. The molecule has 20 unspecified atom stereocenters. The number of amides is 8. The number of methoxy groups -OCH3 is 2.